The highest BCUT2D eigenvalue weighted by atomic mass is 16.7. The van der Waals surface area contributed by atoms with Crippen LogP contribution >= 0.6 is 0 Å². The van der Waals surface area contributed by atoms with Gasteiger partial charge in [0, 0.05) is 13.3 Å². The summed E-state index contributed by atoms with van der Waals surface area (Å²) in [4.78, 5) is 34.5. The van der Waals surface area contributed by atoms with Gasteiger partial charge in [0.25, 0.3) is 0 Å². The third kappa shape index (κ3) is 2.55. The molecule has 1 N–H and O–H groups in total. The van der Waals surface area contributed by atoms with Gasteiger partial charge >= 0.3 is 5.97 Å². The molecule has 2 rings (SSSR count). The fourth-order valence-corrected chi connectivity index (χ4v) is 2.41. The van der Waals surface area contributed by atoms with E-state index in [0.29, 0.717) is 19.3 Å². The lowest BCUT2D eigenvalue weighted by atomic mass is 10.1. The molecule has 1 fully saturated rings. The van der Waals surface area contributed by atoms with Crippen molar-refractivity contribution in [1.82, 2.24) is 4.57 Å². The molecule has 2 atom stereocenters. The van der Waals surface area contributed by atoms with Gasteiger partial charge in [-0.2, -0.15) is 0 Å². The van der Waals surface area contributed by atoms with Crippen LogP contribution in [0.3, 0.4) is 0 Å². The predicted octanol–water partition coefficient (Wildman–Crippen LogP) is 0.302. The molecular weight excluding hydrogens is 282 g/mol. The maximum atomic E-state index is 12.0. The van der Waals surface area contributed by atoms with Gasteiger partial charge in [-0.3, -0.25) is 9.59 Å². The van der Waals surface area contributed by atoms with Gasteiger partial charge in [-0.25, -0.2) is 4.79 Å². The molecule has 2 unspecified atom stereocenters. The number of methoxy groups -OCH3 is 2. The Balaban J connectivity index is 2.69. The molecular formula is C13H15NO7. The van der Waals surface area contributed by atoms with Crippen molar-refractivity contribution in [1.29, 1.82) is 0 Å². The smallest absolute Gasteiger partial charge is 0.341 e. The zero-order valence-electron chi connectivity index (χ0n) is 11.6. The number of ether oxygens (including phenoxy) is 3. The van der Waals surface area contributed by atoms with Crippen LogP contribution in [-0.4, -0.2) is 49.0 Å². The second-order valence-electron chi connectivity index (χ2n) is 4.45. The number of carboxylic acid groups (broad SMARTS) is 1. The third-order valence-corrected chi connectivity index (χ3v) is 3.38. The van der Waals surface area contributed by atoms with Crippen molar-refractivity contribution >= 4 is 12.3 Å². The topological polar surface area (TPSA) is 104 Å². The molecule has 1 aliphatic heterocycles. The van der Waals surface area contributed by atoms with Gasteiger partial charge in [0.05, 0.1) is 19.8 Å². The summed E-state index contributed by atoms with van der Waals surface area (Å²) in [6.45, 7) is 0.401. The molecule has 0 bridgehead atoms. The summed E-state index contributed by atoms with van der Waals surface area (Å²) < 4.78 is 16.8. The Labute approximate surface area is 119 Å². The van der Waals surface area contributed by atoms with Crippen LogP contribution in [0, 0.1) is 0 Å². The zero-order valence-corrected chi connectivity index (χ0v) is 11.6. The monoisotopic (exact) mass is 297 g/mol. The van der Waals surface area contributed by atoms with Crippen LogP contribution in [-0.2, 0) is 9.47 Å². The number of nitrogens with zero attached hydrogens (tertiary/aromatic N) is 1. The molecule has 8 heteroatoms. The number of rotatable bonds is 5. The minimum Gasteiger partial charge on any atom is -0.491 e. The van der Waals surface area contributed by atoms with Gasteiger partial charge < -0.3 is 23.9 Å². The number of aromatic nitrogens is 1. The van der Waals surface area contributed by atoms with Crippen molar-refractivity contribution in [2.24, 2.45) is 0 Å². The van der Waals surface area contributed by atoms with Crippen molar-refractivity contribution in [3.05, 3.63) is 27.7 Å². The minimum absolute atomic E-state index is 0.0370. The predicted molar refractivity (Wildman–Crippen MR) is 70.0 cm³/mol. The van der Waals surface area contributed by atoms with Gasteiger partial charge in [0.2, 0.25) is 5.43 Å². The highest BCUT2D eigenvalue weighted by Gasteiger charge is 2.33. The lowest BCUT2D eigenvalue weighted by Gasteiger charge is -2.23. The van der Waals surface area contributed by atoms with E-state index < -0.39 is 29.3 Å². The second kappa shape index (κ2) is 6.06. The number of carbonyl (C=O) groups excluding carboxylic acids is 1. The largest absolute Gasteiger partial charge is 0.491 e. The first-order chi connectivity index (χ1) is 10.0. The number of carbonyl (C=O) groups is 2. The maximum Gasteiger partial charge on any atom is 0.341 e. The summed E-state index contributed by atoms with van der Waals surface area (Å²) in [7, 11) is 2.65. The SMILES string of the molecule is COc1c(C=O)n(C2CCOC2OC)cc(C(=O)O)c1=O. The van der Waals surface area contributed by atoms with Crippen molar-refractivity contribution in [2.75, 3.05) is 20.8 Å². The van der Waals surface area contributed by atoms with E-state index in [1.54, 1.807) is 0 Å². The fourth-order valence-electron chi connectivity index (χ4n) is 2.41. The van der Waals surface area contributed by atoms with Crippen molar-refractivity contribution in [3.63, 3.8) is 0 Å². The second-order valence-corrected chi connectivity index (χ2v) is 4.45. The first-order valence-corrected chi connectivity index (χ1v) is 6.21. The minimum atomic E-state index is -1.39. The Morgan fingerprint density at radius 2 is 2.24 bits per heavy atom. The summed E-state index contributed by atoms with van der Waals surface area (Å²) in [5.74, 6) is -1.69. The van der Waals surface area contributed by atoms with Crippen LogP contribution in [0.2, 0.25) is 0 Å². The molecule has 2 heterocycles. The molecule has 0 aliphatic carbocycles. The number of pyridine rings is 1. The normalized spacial score (nSPS) is 21.2. The quantitative estimate of drug-likeness (QED) is 0.779. The summed E-state index contributed by atoms with van der Waals surface area (Å²) in [6, 6.07) is -0.414. The number of aldehydes is 1. The van der Waals surface area contributed by atoms with E-state index in [1.807, 2.05) is 0 Å². The van der Waals surface area contributed by atoms with Crippen molar-refractivity contribution < 1.29 is 28.9 Å². The van der Waals surface area contributed by atoms with E-state index in [2.05, 4.69) is 0 Å². The van der Waals surface area contributed by atoms with Crippen LogP contribution in [0.1, 0.15) is 33.3 Å². The van der Waals surface area contributed by atoms with E-state index in [0.717, 1.165) is 6.20 Å². The van der Waals surface area contributed by atoms with Gasteiger partial charge in [0.1, 0.15) is 11.3 Å². The van der Waals surface area contributed by atoms with E-state index in [1.165, 1.54) is 18.8 Å². The number of carboxylic acids is 1. The molecule has 0 radical (unpaired) electrons. The Morgan fingerprint density at radius 3 is 2.76 bits per heavy atom. The van der Waals surface area contributed by atoms with E-state index in [4.69, 9.17) is 19.3 Å². The lowest BCUT2D eigenvalue weighted by molar-refractivity contribution is -0.106. The molecule has 1 aliphatic rings. The Bertz CT molecular complexity index is 622. The molecule has 0 saturated carbocycles. The van der Waals surface area contributed by atoms with E-state index in [9.17, 15) is 14.4 Å². The standard InChI is InChI=1S/C13H15NO7/c1-19-11-9(6-15)14(5-7(10(11)16)12(17)18)8-3-4-21-13(8)20-2/h5-6,8,13H,3-4H2,1-2H3,(H,17,18). The van der Waals surface area contributed by atoms with Crippen molar-refractivity contribution in [2.45, 2.75) is 18.8 Å². The molecule has 1 saturated heterocycles. The molecule has 8 nitrogen and oxygen atoms in total. The lowest BCUT2D eigenvalue weighted by Crippen LogP contribution is -2.29. The van der Waals surface area contributed by atoms with Crippen LogP contribution in [0.5, 0.6) is 5.75 Å². The van der Waals surface area contributed by atoms with Crippen LogP contribution in [0.25, 0.3) is 0 Å². The van der Waals surface area contributed by atoms with Gasteiger partial charge in [-0.05, 0) is 6.42 Å². The van der Waals surface area contributed by atoms with E-state index >= 15 is 0 Å². The van der Waals surface area contributed by atoms with E-state index in [-0.39, 0.29) is 11.4 Å². The van der Waals surface area contributed by atoms with Gasteiger partial charge in [-0.1, -0.05) is 0 Å². The van der Waals surface area contributed by atoms with Gasteiger partial charge in [-0.15, -0.1) is 0 Å². The molecule has 1 aromatic rings. The van der Waals surface area contributed by atoms with Crippen LogP contribution in [0.4, 0.5) is 0 Å². The summed E-state index contributed by atoms with van der Waals surface area (Å²) in [5.41, 5.74) is -1.35. The first kappa shape index (κ1) is 15.2. The number of aromatic carboxylic acids is 1. The Hall–Kier alpha value is -2.19. The summed E-state index contributed by atoms with van der Waals surface area (Å²) >= 11 is 0. The molecule has 0 aromatic carbocycles. The van der Waals surface area contributed by atoms with Crippen LogP contribution < -0.4 is 10.2 Å². The van der Waals surface area contributed by atoms with Gasteiger partial charge in [0.15, 0.2) is 18.3 Å². The van der Waals surface area contributed by atoms with Crippen molar-refractivity contribution in [3.8, 4) is 5.75 Å². The molecule has 114 valence electrons. The Kier molecular flexibility index (Phi) is 4.39. The number of hydrogen-bond acceptors (Lipinski definition) is 6. The van der Waals surface area contributed by atoms with Crippen LogP contribution in [0.15, 0.2) is 11.0 Å². The summed E-state index contributed by atoms with van der Waals surface area (Å²) in [5, 5.41) is 9.12. The fraction of sp³-hybridized carbons (Fsp3) is 0.462. The average molecular weight is 297 g/mol. The average Bonchev–Trinajstić information content (AvgIpc) is 2.94. The first-order valence-electron chi connectivity index (χ1n) is 6.21. The number of hydrogen-bond donors (Lipinski definition) is 1. The molecule has 0 spiro atoms. The zero-order chi connectivity index (χ0) is 15.6. The highest BCUT2D eigenvalue weighted by Crippen LogP contribution is 2.29. The highest BCUT2D eigenvalue weighted by molar-refractivity contribution is 5.89. The molecule has 1 aromatic heterocycles. The Morgan fingerprint density at radius 1 is 1.52 bits per heavy atom. The molecule has 21 heavy (non-hydrogen) atoms. The maximum absolute atomic E-state index is 12.0. The third-order valence-electron chi connectivity index (χ3n) is 3.38. The summed E-state index contributed by atoms with van der Waals surface area (Å²) in [6.07, 6.45) is 1.47. The molecule has 0 amide bonds.